The molecule has 2 N–H and O–H groups in total. The lowest BCUT2D eigenvalue weighted by Crippen LogP contribution is -2.26. The number of fused-ring (bicyclic) bond motifs is 1. The number of aromatic nitrogens is 3. The second-order valence-electron chi connectivity index (χ2n) is 7.05. The molecule has 2 aromatic heterocycles. The lowest BCUT2D eigenvalue weighted by atomic mass is 9.84. The third kappa shape index (κ3) is 5.15. The van der Waals surface area contributed by atoms with E-state index in [1.807, 2.05) is 17.7 Å². The van der Waals surface area contributed by atoms with Gasteiger partial charge in [0.2, 0.25) is 0 Å². The van der Waals surface area contributed by atoms with Crippen molar-refractivity contribution in [2.24, 2.45) is 5.92 Å². The molecule has 0 spiro atoms. The zero-order valence-corrected chi connectivity index (χ0v) is 17.1. The van der Waals surface area contributed by atoms with E-state index in [-0.39, 0.29) is 11.7 Å². The summed E-state index contributed by atoms with van der Waals surface area (Å²) in [6.45, 7) is 2.47. The molecule has 1 aliphatic rings. The Hall–Kier alpha value is -4.08. The van der Waals surface area contributed by atoms with Gasteiger partial charge in [-0.25, -0.2) is 19.0 Å². The van der Waals surface area contributed by atoms with Crippen molar-refractivity contribution in [1.29, 1.82) is 0 Å². The number of Topliss-reactive ketones (excluding diaryl/α,β-unsaturated/α-hetero) is 1. The quantitative estimate of drug-likeness (QED) is 0.577. The summed E-state index contributed by atoms with van der Waals surface area (Å²) in [7, 11) is 0. The number of benzene rings is 1. The largest absolute Gasteiger partial charge is 0.478 e. The molecule has 1 aromatic carbocycles. The fourth-order valence-electron chi connectivity index (χ4n) is 3.38. The van der Waals surface area contributed by atoms with E-state index in [0.29, 0.717) is 54.1 Å². The van der Waals surface area contributed by atoms with Crippen LogP contribution < -0.4 is 0 Å². The molecule has 1 atom stereocenters. The molecule has 9 nitrogen and oxygen atoms in total. The minimum atomic E-state index is -1.26. The summed E-state index contributed by atoms with van der Waals surface area (Å²) in [6, 6.07) is 6.30. The lowest BCUT2D eigenvalue weighted by Gasteiger charge is -2.21. The normalized spacial score (nSPS) is 15.2. The van der Waals surface area contributed by atoms with Crippen molar-refractivity contribution in [1.82, 2.24) is 14.7 Å². The van der Waals surface area contributed by atoms with Gasteiger partial charge in [0.25, 0.3) is 0 Å². The summed E-state index contributed by atoms with van der Waals surface area (Å²) in [5, 5.41) is 19.6. The molecule has 0 bridgehead atoms. The van der Waals surface area contributed by atoms with Crippen LogP contribution in [-0.2, 0) is 22.6 Å². The van der Waals surface area contributed by atoms with Crippen LogP contribution in [0.25, 0.3) is 11.3 Å². The van der Waals surface area contributed by atoms with Crippen molar-refractivity contribution in [3.05, 3.63) is 71.8 Å². The molecule has 166 valence electrons. The Balaban J connectivity index is 0.000000312. The highest BCUT2D eigenvalue weighted by Gasteiger charge is 2.35. The van der Waals surface area contributed by atoms with E-state index in [9.17, 15) is 18.8 Å². The number of carboxylic acids is 2. The Morgan fingerprint density at radius 3 is 2.53 bits per heavy atom. The van der Waals surface area contributed by atoms with Crippen LogP contribution in [0, 0.1) is 18.7 Å². The van der Waals surface area contributed by atoms with Gasteiger partial charge in [0.1, 0.15) is 23.1 Å². The molecule has 2 heterocycles. The minimum absolute atomic E-state index is 0.0381. The Labute approximate surface area is 181 Å². The SMILES string of the molecule is Cc1nccn1CC1CCc2onc(-c3ccccc3F)c2C1=O.O=C(O)/C=C\C(=O)O. The monoisotopic (exact) mass is 441 g/mol. The first-order valence-electron chi connectivity index (χ1n) is 9.67. The van der Waals surface area contributed by atoms with Gasteiger partial charge in [-0.3, -0.25) is 4.79 Å². The average molecular weight is 441 g/mol. The van der Waals surface area contributed by atoms with Gasteiger partial charge in [0.15, 0.2) is 5.78 Å². The number of hydrogen-bond acceptors (Lipinski definition) is 6. The number of hydrogen-bond donors (Lipinski definition) is 2. The molecule has 0 aliphatic heterocycles. The lowest BCUT2D eigenvalue weighted by molar-refractivity contribution is -0.134. The fourth-order valence-corrected chi connectivity index (χ4v) is 3.38. The molecule has 0 saturated carbocycles. The van der Waals surface area contributed by atoms with Crippen LogP contribution in [0.1, 0.15) is 28.4 Å². The molecule has 0 saturated heterocycles. The number of imidazole rings is 1. The predicted octanol–water partition coefficient (Wildman–Crippen LogP) is 3.14. The highest BCUT2D eigenvalue weighted by atomic mass is 19.1. The first-order chi connectivity index (χ1) is 15.3. The number of halogens is 1. The number of rotatable bonds is 5. The van der Waals surface area contributed by atoms with Gasteiger partial charge in [0, 0.05) is 49.0 Å². The van der Waals surface area contributed by atoms with Crippen molar-refractivity contribution in [2.75, 3.05) is 0 Å². The number of carboxylic acid groups (broad SMARTS) is 2. The summed E-state index contributed by atoms with van der Waals surface area (Å²) in [5.41, 5.74) is 1.03. The maximum Gasteiger partial charge on any atom is 0.328 e. The van der Waals surface area contributed by atoms with E-state index in [4.69, 9.17) is 14.7 Å². The van der Waals surface area contributed by atoms with Crippen LogP contribution >= 0.6 is 0 Å². The molecular weight excluding hydrogens is 421 g/mol. The maximum absolute atomic E-state index is 14.1. The Bertz CT molecular complexity index is 1160. The van der Waals surface area contributed by atoms with Gasteiger partial charge in [0.05, 0.1) is 5.56 Å². The molecule has 0 fully saturated rings. The number of aliphatic carboxylic acids is 2. The van der Waals surface area contributed by atoms with Crippen molar-refractivity contribution in [2.45, 2.75) is 26.3 Å². The highest BCUT2D eigenvalue weighted by Crippen LogP contribution is 2.35. The van der Waals surface area contributed by atoms with Crippen LogP contribution in [0.15, 0.2) is 53.3 Å². The molecule has 4 rings (SSSR count). The van der Waals surface area contributed by atoms with Gasteiger partial charge < -0.3 is 19.3 Å². The van der Waals surface area contributed by atoms with Crippen LogP contribution in [0.2, 0.25) is 0 Å². The number of ketones is 1. The van der Waals surface area contributed by atoms with Gasteiger partial charge in [-0.1, -0.05) is 17.3 Å². The summed E-state index contributed by atoms with van der Waals surface area (Å²) >= 11 is 0. The highest BCUT2D eigenvalue weighted by molar-refractivity contribution is 6.04. The Morgan fingerprint density at radius 1 is 1.25 bits per heavy atom. The van der Waals surface area contributed by atoms with Crippen LogP contribution in [0.3, 0.4) is 0 Å². The van der Waals surface area contributed by atoms with Crippen LogP contribution in [-0.4, -0.2) is 42.6 Å². The predicted molar refractivity (Wildman–Crippen MR) is 109 cm³/mol. The second-order valence-corrected chi connectivity index (χ2v) is 7.05. The van der Waals surface area contributed by atoms with E-state index in [1.165, 1.54) is 6.07 Å². The summed E-state index contributed by atoms with van der Waals surface area (Å²) < 4.78 is 21.4. The van der Waals surface area contributed by atoms with Crippen molar-refractivity contribution in [3.8, 4) is 11.3 Å². The van der Waals surface area contributed by atoms with Gasteiger partial charge in [-0.05, 0) is 25.5 Å². The van der Waals surface area contributed by atoms with Gasteiger partial charge in [-0.15, -0.1) is 0 Å². The van der Waals surface area contributed by atoms with Crippen molar-refractivity contribution < 1.29 is 33.5 Å². The van der Waals surface area contributed by atoms with Gasteiger partial charge >= 0.3 is 11.9 Å². The van der Waals surface area contributed by atoms with E-state index >= 15 is 0 Å². The molecule has 3 aromatic rings. The third-order valence-electron chi connectivity index (χ3n) is 4.94. The first kappa shape index (κ1) is 22.6. The van der Waals surface area contributed by atoms with Crippen molar-refractivity contribution in [3.63, 3.8) is 0 Å². The number of nitrogens with zero attached hydrogens (tertiary/aromatic N) is 3. The Kier molecular flexibility index (Phi) is 6.93. The van der Waals surface area contributed by atoms with E-state index in [1.54, 1.807) is 24.4 Å². The molecule has 32 heavy (non-hydrogen) atoms. The standard InChI is InChI=1S/C18H16FN3O2.C4H4O4/c1-11-20-8-9-22(11)10-12-6-7-15-16(18(12)23)17(21-24-15)13-4-2-3-5-14(13)19;5-3(6)1-2-4(7)8/h2-5,8-9,12H,6-7,10H2,1H3;1-2H,(H,5,6)(H,7,8)/b;2-1-. The maximum atomic E-state index is 14.1. The molecule has 1 aliphatic carbocycles. The second kappa shape index (κ2) is 9.82. The van der Waals surface area contributed by atoms with E-state index < -0.39 is 17.8 Å². The number of carbonyl (C=O) groups is 3. The molecule has 0 radical (unpaired) electrons. The molecular formula is C22H20FN3O6. The smallest absolute Gasteiger partial charge is 0.328 e. The van der Waals surface area contributed by atoms with Gasteiger partial charge in [-0.2, -0.15) is 0 Å². The average Bonchev–Trinajstić information content (AvgIpc) is 3.36. The van der Waals surface area contributed by atoms with Crippen molar-refractivity contribution >= 4 is 17.7 Å². The minimum Gasteiger partial charge on any atom is -0.478 e. The Morgan fingerprint density at radius 2 is 1.94 bits per heavy atom. The summed E-state index contributed by atoms with van der Waals surface area (Å²) in [6.07, 6.45) is 6.02. The van der Waals surface area contributed by atoms with E-state index in [0.717, 1.165) is 5.82 Å². The molecule has 10 heteroatoms. The molecule has 0 amide bonds. The number of aryl methyl sites for hydroxylation is 2. The third-order valence-corrected chi connectivity index (χ3v) is 4.94. The first-order valence-corrected chi connectivity index (χ1v) is 9.67. The molecule has 1 unspecified atom stereocenters. The topological polar surface area (TPSA) is 136 Å². The zero-order chi connectivity index (χ0) is 23.3. The van der Waals surface area contributed by atoms with Crippen LogP contribution in [0.4, 0.5) is 4.39 Å². The fraction of sp³-hybridized carbons (Fsp3) is 0.227. The number of carbonyl (C=O) groups excluding carboxylic acids is 1. The zero-order valence-electron chi connectivity index (χ0n) is 17.1. The summed E-state index contributed by atoms with van der Waals surface area (Å²) in [4.78, 5) is 36.3. The summed E-state index contributed by atoms with van der Waals surface area (Å²) in [5.74, 6) is -1.72. The van der Waals surface area contributed by atoms with Crippen LogP contribution in [0.5, 0.6) is 0 Å². The van der Waals surface area contributed by atoms with E-state index in [2.05, 4.69) is 10.1 Å².